The molecule has 0 radical (unpaired) electrons. The Kier molecular flexibility index (Phi) is 7.98. The number of non-ortho nitro benzene ring substituents is 1. The van der Waals surface area contributed by atoms with Crippen LogP contribution in [0.4, 0.5) is 10.7 Å². The van der Waals surface area contributed by atoms with E-state index in [0.717, 1.165) is 45.3 Å². The normalized spacial score (nSPS) is 12.7. The summed E-state index contributed by atoms with van der Waals surface area (Å²) in [6.45, 7) is 0.237. The zero-order chi connectivity index (χ0) is 25.7. The van der Waals surface area contributed by atoms with Crippen LogP contribution < -0.4 is 10.1 Å². The fraction of sp³-hybridized carbons (Fsp3) is 0.192. The summed E-state index contributed by atoms with van der Waals surface area (Å²) in [5.41, 5.74) is 2.91. The van der Waals surface area contributed by atoms with Crippen molar-refractivity contribution in [3.05, 3.63) is 88.9 Å². The molecule has 1 aromatic heterocycles. The van der Waals surface area contributed by atoms with E-state index in [2.05, 4.69) is 34.0 Å². The zero-order valence-corrected chi connectivity index (χ0v) is 21.9. The Morgan fingerprint density at radius 2 is 1.94 bits per heavy atom. The minimum Gasteiger partial charge on any atom is -0.488 e. The first-order valence-corrected chi connectivity index (χ1v) is 12.9. The summed E-state index contributed by atoms with van der Waals surface area (Å²) in [5, 5.41) is 33.2. The van der Waals surface area contributed by atoms with Crippen molar-refractivity contribution in [1.82, 2.24) is 0 Å². The Hall–Kier alpha value is -3.74. The van der Waals surface area contributed by atoms with Crippen LogP contribution in [-0.2, 0) is 24.2 Å². The molecule has 0 spiro atoms. The van der Waals surface area contributed by atoms with Crippen molar-refractivity contribution in [3.8, 4) is 17.9 Å². The van der Waals surface area contributed by atoms with Crippen molar-refractivity contribution >= 4 is 56.6 Å². The average Bonchev–Trinajstić information content (AvgIpc) is 3.23. The highest BCUT2D eigenvalue weighted by Crippen LogP contribution is 2.37. The molecule has 1 aliphatic carbocycles. The van der Waals surface area contributed by atoms with Crippen molar-refractivity contribution in [1.29, 1.82) is 10.5 Å². The molecule has 10 heteroatoms. The molecule has 1 heterocycles. The van der Waals surface area contributed by atoms with Gasteiger partial charge in [-0.2, -0.15) is 10.5 Å². The summed E-state index contributed by atoms with van der Waals surface area (Å²) in [6.07, 6.45) is 5.34. The van der Waals surface area contributed by atoms with Gasteiger partial charge >= 0.3 is 0 Å². The maximum Gasteiger partial charge on any atom is 0.269 e. The Balaban J connectivity index is 1.45. The van der Waals surface area contributed by atoms with Gasteiger partial charge in [0.2, 0.25) is 0 Å². The number of anilines is 1. The van der Waals surface area contributed by atoms with Crippen LogP contribution in [0.15, 0.2) is 48.0 Å². The first kappa shape index (κ1) is 25.4. The summed E-state index contributed by atoms with van der Waals surface area (Å²) < 4.78 is 6.61. The van der Waals surface area contributed by atoms with Crippen molar-refractivity contribution < 1.29 is 14.5 Å². The zero-order valence-electron chi connectivity index (χ0n) is 18.9. The Morgan fingerprint density at radius 3 is 2.61 bits per heavy atom. The van der Waals surface area contributed by atoms with Crippen LogP contribution in [0.3, 0.4) is 0 Å². The van der Waals surface area contributed by atoms with E-state index in [1.807, 2.05) is 6.07 Å². The Morgan fingerprint density at radius 1 is 1.19 bits per heavy atom. The van der Waals surface area contributed by atoms with Gasteiger partial charge in [0, 0.05) is 17.0 Å². The number of amides is 1. The predicted octanol–water partition coefficient (Wildman–Crippen LogP) is 6.14. The first-order chi connectivity index (χ1) is 17.4. The maximum absolute atomic E-state index is 12.8. The van der Waals surface area contributed by atoms with Gasteiger partial charge < -0.3 is 10.1 Å². The van der Waals surface area contributed by atoms with E-state index in [0.29, 0.717) is 21.9 Å². The van der Waals surface area contributed by atoms with Crippen LogP contribution in [0.2, 0.25) is 0 Å². The monoisotopic (exact) mass is 610 g/mol. The van der Waals surface area contributed by atoms with Crippen LogP contribution in [0.1, 0.15) is 40.0 Å². The second kappa shape index (κ2) is 11.3. The molecule has 0 fully saturated rings. The second-order valence-electron chi connectivity index (χ2n) is 8.05. The lowest BCUT2D eigenvalue weighted by atomic mass is 9.96. The summed E-state index contributed by atoms with van der Waals surface area (Å²) in [6, 6.07) is 15.6. The lowest BCUT2D eigenvalue weighted by Gasteiger charge is -2.09. The number of rotatable bonds is 7. The predicted molar refractivity (Wildman–Crippen MR) is 144 cm³/mol. The number of carbonyl (C=O) groups is 1. The molecular formula is C26H19IN4O4S. The van der Waals surface area contributed by atoms with E-state index in [1.165, 1.54) is 29.5 Å². The molecule has 0 atom stereocenters. The molecule has 36 heavy (non-hydrogen) atoms. The molecule has 8 nitrogen and oxygen atoms in total. The highest BCUT2D eigenvalue weighted by atomic mass is 127. The van der Waals surface area contributed by atoms with E-state index in [-0.39, 0.29) is 17.9 Å². The molecule has 1 N–H and O–H groups in total. The van der Waals surface area contributed by atoms with Crippen LogP contribution in [0.5, 0.6) is 5.75 Å². The molecule has 2 aromatic carbocycles. The summed E-state index contributed by atoms with van der Waals surface area (Å²) in [4.78, 5) is 24.3. The molecular weight excluding hydrogens is 591 g/mol. The van der Waals surface area contributed by atoms with Gasteiger partial charge in [-0.1, -0.05) is 6.07 Å². The molecule has 1 aliphatic rings. The first-order valence-electron chi connectivity index (χ1n) is 11.0. The van der Waals surface area contributed by atoms with Gasteiger partial charge in [0.1, 0.15) is 35.1 Å². The summed E-state index contributed by atoms with van der Waals surface area (Å²) in [7, 11) is 0. The molecule has 1 amide bonds. The third-order valence-corrected chi connectivity index (χ3v) is 7.73. The van der Waals surface area contributed by atoms with Gasteiger partial charge in [-0.05, 0) is 95.3 Å². The third kappa shape index (κ3) is 5.73. The number of thiophene rings is 1. The molecule has 0 saturated carbocycles. The van der Waals surface area contributed by atoms with Crippen LogP contribution in [0, 0.1) is 36.3 Å². The van der Waals surface area contributed by atoms with Crippen molar-refractivity contribution in [2.75, 3.05) is 5.32 Å². The number of fused-ring (bicyclic) bond motifs is 1. The fourth-order valence-corrected chi connectivity index (χ4v) is 5.79. The lowest BCUT2D eigenvalue weighted by Crippen LogP contribution is -2.13. The van der Waals surface area contributed by atoms with Crippen molar-refractivity contribution in [2.24, 2.45) is 0 Å². The molecule has 0 unspecified atom stereocenters. The molecule has 4 rings (SSSR count). The van der Waals surface area contributed by atoms with Crippen LogP contribution in [0.25, 0.3) is 6.08 Å². The van der Waals surface area contributed by atoms with Gasteiger partial charge in [-0.3, -0.25) is 14.9 Å². The number of nitro groups is 1. The number of hydrogen-bond donors (Lipinski definition) is 1. The number of nitriles is 2. The molecule has 0 saturated heterocycles. The number of carbonyl (C=O) groups excluding carboxylic acids is 1. The van der Waals surface area contributed by atoms with Gasteiger partial charge in [0.15, 0.2) is 0 Å². The minimum atomic E-state index is -0.555. The van der Waals surface area contributed by atoms with Gasteiger partial charge in [-0.25, -0.2) is 0 Å². The molecule has 0 bridgehead atoms. The number of ether oxygens (including phenoxy) is 1. The second-order valence-corrected chi connectivity index (χ2v) is 10.3. The van der Waals surface area contributed by atoms with Gasteiger partial charge in [-0.15, -0.1) is 11.3 Å². The van der Waals surface area contributed by atoms with Crippen LogP contribution >= 0.6 is 33.9 Å². The topological polar surface area (TPSA) is 129 Å². The fourth-order valence-electron chi connectivity index (χ4n) is 3.86. The maximum atomic E-state index is 12.8. The third-order valence-electron chi connectivity index (χ3n) is 5.68. The van der Waals surface area contributed by atoms with E-state index >= 15 is 0 Å². The SMILES string of the molecule is N#C/C(=C\c1ccc(OCc2ccc([N+](=O)[O-])cc2)c(I)c1)C(=O)Nc1sc2c(c1C#N)CCCC2. The number of benzene rings is 2. The number of halogens is 1. The number of hydrogen-bond acceptors (Lipinski definition) is 7. The van der Waals surface area contributed by atoms with E-state index < -0.39 is 10.8 Å². The van der Waals surface area contributed by atoms with E-state index in [1.54, 1.807) is 30.3 Å². The Bertz CT molecular complexity index is 1450. The number of nitrogens with zero attached hydrogens (tertiary/aromatic N) is 3. The highest BCUT2D eigenvalue weighted by Gasteiger charge is 2.22. The quantitative estimate of drug-likeness (QED) is 0.113. The number of aryl methyl sites for hydroxylation is 1. The molecule has 3 aromatic rings. The van der Waals surface area contributed by atoms with E-state index in [9.17, 15) is 25.4 Å². The van der Waals surface area contributed by atoms with Crippen molar-refractivity contribution in [2.45, 2.75) is 32.3 Å². The van der Waals surface area contributed by atoms with Gasteiger partial charge in [0.25, 0.3) is 11.6 Å². The van der Waals surface area contributed by atoms with Crippen molar-refractivity contribution in [3.63, 3.8) is 0 Å². The largest absolute Gasteiger partial charge is 0.488 e. The standard InChI is InChI=1S/C26H19IN4O4S/c27-22-12-17(7-10-23(22)35-15-16-5-8-19(9-6-16)31(33)34)11-18(13-28)25(32)30-26-21(14-29)20-3-1-2-4-24(20)36-26/h5-12H,1-4,15H2,(H,30,32)/b18-11+. The average molecular weight is 610 g/mol. The lowest BCUT2D eigenvalue weighted by molar-refractivity contribution is -0.384. The molecule has 0 aliphatic heterocycles. The smallest absolute Gasteiger partial charge is 0.269 e. The summed E-state index contributed by atoms with van der Waals surface area (Å²) in [5.74, 6) is 0.0537. The minimum absolute atomic E-state index is 0.0179. The van der Waals surface area contributed by atoms with Gasteiger partial charge in [0.05, 0.1) is 14.1 Å². The number of nitrogens with one attached hydrogen (secondary N) is 1. The number of nitro benzene ring substituents is 1. The Labute approximate surface area is 225 Å². The van der Waals surface area contributed by atoms with Crippen LogP contribution in [-0.4, -0.2) is 10.8 Å². The summed E-state index contributed by atoms with van der Waals surface area (Å²) >= 11 is 3.52. The highest BCUT2D eigenvalue weighted by molar-refractivity contribution is 14.1. The molecule has 180 valence electrons. The van der Waals surface area contributed by atoms with E-state index in [4.69, 9.17) is 4.74 Å².